The lowest BCUT2D eigenvalue weighted by atomic mass is 9.81. The van der Waals surface area contributed by atoms with Crippen molar-refractivity contribution in [2.75, 3.05) is 6.61 Å². The van der Waals surface area contributed by atoms with E-state index in [9.17, 15) is 22.8 Å². The van der Waals surface area contributed by atoms with Crippen molar-refractivity contribution in [3.63, 3.8) is 0 Å². The molecular formula is C25H34ClF3N2O4. The largest absolute Gasteiger partial charge is 0.522 e. The first-order valence-corrected chi connectivity index (χ1v) is 12.7. The summed E-state index contributed by atoms with van der Waals surface area (Å²) in [4.78, 5) is 23.2. The molecule has 35 heavy (non-hydrogen) atoms. The molecule has 1 heterocycles. The van der Waals surface area contributed by atoms with Crippen LogP contribution in [0.1, 0.15) is 70.8 Å². The maximum Gasteiger partial charge on any atom is 0.522 e. The molecule has 196 valence electrons. The van der Waals surface area contributed by atoms with Gasteiger partial charge in [-0.3, -0.25) is 14.3 Å². The zero-order valence-corrected chi connectivity index (χ0v) is 20.9. The fraction of sp³-hybridized carbons (Fsp3) is 0.680. The lowest BCUT2D eigenvalue weighted by Gasteiger charge is -2.38. The number of alkyl halides is 3. The molecule has 2 bridgehead atoms. The standard InChI is InChI=1S/C14H19F3N2O3.C9H9ClO.C2H6/c15-14(16,17)22-10-5-9(6-10)19-11(21)12-1-3-13(7-12,4-2-12)18-8-20;10-8-3-4-9-7(6-8)2-1-5-11-9;1-2/h8-10H,1-7H2,(H,18,20)(H,19,21);3-4,6H,1-2,5H2;1-2H3. The molecule has 6 nitrogen and oxygen atoms in total. The highest BCUT2D eigenvalue weighted by atomic mass is 35.5. The van der Waals surface area contributed by atoms with E-state index >= 15 is 0 Å². The van der Waals surface area contributed by atoms with Crippen LogP contribution in [0.5, 0.6) is 5.75 Å². The molecule has 2 amide bonds. The van der Waals surface area contributed by atoms with Gasteiger partial charge in [0, 0.05) is 16.6 Å². The molecule has 0 unspecified atom stereocenters. The van der Waals surface area contributed by atoms with Crippen molar-refractivity contribution in [3.05, 3.63) is 28.8 Å². The Labute approximate surface area is 209 Å². The van der Waals surface area contributed by atoms with E-state index in [0.29, 0.717) is 12.8 Å². The molecule has 1 aromatic rings. The third-order valence-corrected chi connectivity index (χ3v) is 7.52. The molecule has 10 heteroatoms. The summed E-state index contributed by atoms with van der Waals surface area (Å²) in [5, 5.41) is 6.49. The average molecular weight is 519 g/mol. The maximum absolute atomic E-state index is 12.5. The number of hydrogen-bond donors (Lipinski definition) is 2. The van der Waals surface area contributed by atoms with Gasteiger partial charge in [0.2, 0.25) is 12.3 Å². The molecule has 0 spiro atoms. The highest BCUT2D eigenvalue weighted by Gasteiger charge is 2.58. The van der Waals surface area contributed by atoms with Gasteiger partial charge < -0.3 is 15.4 Å². The first-order chi connectivity index (χ1) is 16.6. The van der Waals surface area contributed by atoms with Gasteiger partial charge in [-0.05, 0) is 81.5 Å². The second-order valence-corrected chi connectivity index (χ2v) is 9.97. The van der Waals surface area contributed by atoms with Crippen molar-refractivity contribution in [3.8, 4) is 5.75 Å². The van der Waals surface area contributed by atoms with Gasteiger partial charge in [-0.25, -0.2) is 0 Å². The second-order valence-electron chi connectivity index (χ2n) is 9.53. The number of aryl methyl sites for hydroxylation is 1. The molecule has 2 N–H and O–H groups in total. The Morgan fingerprint density at radius 1 is 1.20 bits per heavy atom. The van der Waals surface area contributed by atoms with Gasteiger partial charge in [-0.15, -0.1) is 13.2 Å². The Hall–Kier alpha value is -2.00. The summed E-state index contributed by atoms with van der Waals surface area (Å²) >= 11 is 5.82. The number of carbonyl (C=O) groups is 2. The molecule has 3 aliphatic carbocycles. The Balaban J connectivity index is 0.000000220. The van der Waals surface area contributed by atoms with E-state index in [1.807, 2.05) is 32.0 Å². The molecule has 1 aliphatic heterocycles. The molecule has 3 fully saturated rings. The van der Waals surface area contributed by atoms with Crippen molar-refractivity contribution in [1.29, 1.82) is 0 Å². The van der Waals surface area contributed by atoms with Crippen LogP contribution >= 0.6 is 11.6 Å². The number of amides is 2. The zero-order chi connectivity index (χ0) is 25.7. The van der Waals surface area contributed by atoms with Crippen LogP contribution in [0.2, 0.25) is 5.02 Å². The minimum Gasteiger partial charge on any atom is -0.493 e. The number of carbonyl (C=O) groups excluding carboxylic acids is 2. The van der Waals surface area contributed by atoms with E-state index in [4.69, 9.17) is 16.3 Å². The number of nitrogens with one attached hydrogen (secondary N) is 2. The number of hydrogen-bond acceptors (Lipinski definition) is 4. The van der Waals surface area contributed by atoms with Crippen molar-refractivity contribution >= 4 is 23.9 Å². The SMILES string of the molecule is CC.Clc1ccc2c(c1)CCCO2.O=CNC12CCC(C(=O)NC3CC(OC(F)(F)F)C3)(CC1)C2. The van der Waals surface area contributed by atoms with E-state index in [0.717, 1.165) is 55.9 Å². The molecule has 0 radical (unpaired) electrons. The first kappa shape index (κ1) is 27.6. The predicted molar refractivity (Wildman–Crippen MR) is 126 cm³/mol. The van der Waals surface area contributed by atoms with Gasteiger partial charge in [-0.2, -0.15) is 0 Å². The van der Waals surface area contributed by atoms with E-state index in [1.54, 1.807) is 0 Å². The second kappa shape index (κ2) is 11.4. The highest BCUT2D eigenvalue weighted by Crippen LogP contribution is 2.56. The van der Waals surface area contributed by atoms with Crippen LogP contribution in [0.3, 0.4) is 0 Å². The lowest BCUT2D eigenvalue weighted by molar-refractivity contribution is -0.351. The fourth-order valence-electron chi connectivity index (χ4n) is 5.47. The fourth-order valence-corrected chi connectivity index (χ4v) is 5.67. The summed E-state index contributed by atoms with van der Waals surface area (Å²) in [6, 6.07) is 5.54. The molecule has 0 saturated heterocycles. The molecular weight excluding hydrogens is 485 g/mol. The lowest BCUT2D eigenvalue weighted by Crippen LogP contribution is -2.52. The third kappa shape index (κ3) is 6.82. The minimum atomic E-state index is -4.62. The minimum absolute atomic E-state index is 0.0879. The van der Waals surface area contributed by atoms with Crippen LogP contribution in [-0.4, -0.2) is 43.0 Å². The Morgan fingerprint density at radius 2 is 1.89 bits per heavy atom. The topological polar surface area (TPSA) is 76.7 Å². The summed E-state index contributed by atoms with van der Waals surface area (Å²) in [6.07, 6.45) is 1.42. The number of halogens is 4. The number of ether oxygens (including phenoxy) is 2. The average Bonchev–Trinajstić information content (AvgIpc) is 3.36. The van der Waals surface area contributed by atoms with Gasteiger partial charge >= 0.3 is 6.36 Å². The van der Waals surface area contributed by atoms with Crippen LogP contribution in [0.25, 0.3) is 0 Å². The molecule has 5 rings (SSSR count). The smallest absolute Gasteiger partial charge is 0.493 e. The Morgan fingerprint density at radius 3 is 2.51 bits per heavy atom. The summed E-state index contributed by atoms with van der Waals surface area (Å²) < 4.78 is 45.5. The van der Waals surface area contributed by atoms with Gasteiger partial charge in [0.15, 0.2) is 0 Å². The van der Waals surface area contributed by atoms with Crippen molar-refractivity contribution in [2.24, 2.45) is 5.41 Å². The first-order valence-electron chi connectivity index (χ1n) is 12.3. The quantitative estimate of drug-likeness (QED) is 0.518. The van der Waals surface area contributed by atoms with Crippen LogP contribution in [-0.2, 0) is 20.7 Å². The summed E-state index contributed by atoms with van der Waals surface area (Å²) in [6.45, 7) is 4.84. The van der Waals surface area contributed by atoms with Crippen molar-refractivity contribution in [2.45, 2.75) is 95.7 Å². The normalized spacial score (nSPS) is 30.2. The maximum atomic E-state index is 12.5. The van der Waals surface area contributed by atoms with Crippen LogP contribution in [0.15, 0.2) is 18.2 Å². The molecule has 3 saturated carbocycles. The molecule has 4 aliphatic rings. The summed E-state index contributed by atoms with van der Waals surface area (Å²) in [5.74, 6) is 0.913. The van der Waals surface area contributed by atoms with E-state index in [-0.39, 0.29) is 30.3 Å². The van der Waals surface area contributed by atoms with E-state index < -0.39 is 17.9 Å². The predicted octanol–water partition coefficient (Wildman–Crippen LogP) is 5.31. The molecule has 1 aromatic carbocycles. The van der Waals surface area contributed by atoms with Crippen LogP contribution in [0, 0.1) is 5.41 Å². The van der Waals surface area contributed by atoms with Crippen LogP contribution < -0.4 is 15.4 Å². The van der Waals surface area contributed by atoms with Crippen molar-refractivity contribution in [1.82, 2.24) is 10.6 Å². The summed E-state index contributed by atoms with van der Waals surface area (Å²) in [5.41, 5.74) is 0.510. The third-order valence-electron chi connectivity index (χ3n) is 7.29. The van der Waals surface area contributed by atoms with E-state index in [1.165, 1.54) is 5.56 Å². The highest BCUT2D eigenvalue weighted by molar-refractivity contribution is 6.30. The molecule has 0 aromatic heterocycles. The monoisotopic (exact) mass is 518 g/mol. The van der Waals surface area contributed by atoms with Crippen LogP contribution in [0.4, 0.5) is 13.2 Å². The van der Waals surface area contributed by atoms with E-state index in [2.05, 4.69) is 15.4 Å². The zero-order valence-electron chi connectivity index (χ0n) is 20.2. The van der Waals surface area contributed by atoms with Crippen molar-refractivity contribution < 1.29 is 32.2 Å². The summed E-state index contributed by atoms with van der Waals surface area (Å²) in [7, 11) is 0. The number of rotatable bonds is 5. The van der Waals surface area contributed by atoms with Gasteiger partial charge in [-0.1, -0.05) is 25.4 Å². The van der Waals surface area contributed by atoms with Gasteiger partial charge in [0.05, 0.1) is 18.1 Å². The number of benzene rings is 1. The Kier molecular flexibility index (Phi) is 8.96. The van der Waals surface area contributed by atoms with Gasteiger partial charge in [0.25, 0.3) is 0 Å². The Bertz CT molecular complexity index is 882. The van der Waals surface area contributed by atoms with Gasteiger partial charge in [0.1, 0.15) is 5.75 Å². The number of fused-ring (bicyclic) bond motifs is 3. The molecule has 0 atom stereocenters.